The number of fused-ring (bicyclic) bond motifs is 2. The van der Waals surface area contributed by atoms with Crippen LogP contribution in [-0.4, -0.2) is 60.1 Å². The van der Waals surface area contributed by atoms with Crippen molar-refractivity contribution in [2.24, 2.45) is 0 Å². The summed E-state index contributed by atoms with van der Waals surface area (Å²) >= 11 is 2.90. The second-order valence-electron chi connectivity index (χ2n) is 8.78. The van der Waals surface area contributed by atoms with E-state index in [1.807, 2.05) is 6.92 Å². The summed E-state index contributed by atoms with van der Waals surface area (Å²) in [6.45, 7) is 8.84. The van der Waals surface area contributed by atoms with Gasteiger partial charge in [-0.05, 0) is 49.6 Å². The molecule has 0 spiro atoms. The molecule has 0 radical (unpaired) electrons. The van der Waals surface area contributed by atoms with Crippen LogP contribution in [0.25, 0.3) is 20.3 Å². The maximum absolute atomic E-state index is 13.8. The van der Waals surface area contributed by atoms with Gasteiger partial charge < -0.3 is 4.74 Å². The van der Waals surface area contributed by atoms with Gasteiger partial charge in [-0.1, -0.05) is 17.4 Å². The smallest absolute Gasteiger partial charge is 0.270 e. The third-order valence-corrected chi connectivity index (χ3v) is 8.50. The van der Waals surface area contributed by atoms with Gasteiger partial charge in [0.25, 0.3) is 11.6 Å². The Morgan fingerprint density at radius 3 is 2.74 bits per heavy atom. The van der Waals surface area contributed by atoms with E-state index in [0.717, 1.165) is 65.3 Å². The lowest BCUT2D eigenvalue weighted by Gasteiger charge is -2.27. The number of nitro groups is 1. The molecule has 2 aromatic carbocycles. The number of anilines is 1. The van der Waals surface area contributed by atoms with E-state index in [1.165, 1.54) is 34.8 Å². The number of morpholine rings is 1. The second kappa shape index (κ2) is 9.98. The number of nitro benzene ring substituents is 1. The molecule has 8 nitrogen and oxygen atoms in total. The van der Waals surface area contributed by atoms with Crippen LogP contribution in [0.1, 0.15) is 27.2 Å². The van der Waals surface area contributed by atoms with Crippen molar-refractivity contribution in [1.82, 2.24) is 9.88 Å². The number of rotatable bonds is 7. The van der Waals surface area contributed by atoms with Crippen LogP contribution in [0.4, 0.5) is 10.8 Å². The Hall–Kier alpha value is -2.92. The molecule has 1 fully saturated rings. The van der Waals surface area contributed by atoms with Gasteiger partial charge in [-0.3, -0.25) is 24.7 Å². The molecule has 2 aromatic heterocycles. The molecule has 3 heterocycles. The lowest BCUT2D eigenvalue weighted by Crippen LogP contribution is -2.39. The predicted octanol–water partition coefficient (Wildman–Crippen LogP) is 5.41. The Morgan fingerprint density at radius 1 is 1.17 bits per heavy atom. The number of carbonyl (C=O) groups is 1. The third kappa shape index (κ3) is 5.06. The molecule has 4 aromatic rings. The minimum Gasteiger partial charge on any atom is -0.379 e. The molecule has 1 aliphatic heterocycles. The summed E-state index contributed by atoms with van der Waals surface area (Å²) in [5, 5.41) is 12.6. The molecule has 182 valence electrons. The van der Waals surface area contributed by atoms with Gasteiger partial charge in [-0.2, -0.15) is 0 Å². The van der Waals surface area contributed by atoms with Crippen LogP contribution in [0.15, 0.2) is 36.4 Å². The Kier molecular flexibility index (Phi) is 6.79. The number of carbonyl (C=O) groups excluding carboxylic acids is 1. The van der Waals surface area contributed by atoms with Crippen molar-refractivity contribution in [1.29, 1.82) is 0 Å². The Balaban J connectivity index is 1.46. The first kappa shape index (κ1) is 23.8. The number of thiophene rings is 1. The number of hydrogen-bond acceptors (Lipinski definition) is 8. The summed E-state index contributed by atoms with van der Waals surface area (Å²) in [5.41, 5.74) is 3.22. The largest absolute Gasteiger partial charge is 0.379 e. The van der Waals surface area contributed by atoms with Crippen LogP contribution >= 0.6 is 22.7 Å². The van der Waals surface area contributed by atoms with Crippen LogP contribution < -0.4 is 4.90 Å². The average Bonchev–Trinajstić information content (AvgIpc) is 3.46. The zero-order chi connectivity index (χ0) is 24.5. The maximum atomic E-state index is 13.8. The van der Waals surface area contributed by atoms with E-state index < -0.39 is 4.92 Å². The van der Waals surface area contributed by atoms with Gasteiger partial charge in [-0.25, -0.2) is 4.98 Å². The SMILES string of the molecule is Cc1cc(C)c2sc(N(CCCN3CCOCC3)C(=O)c3cc4cc([N+](=O)[O-])ccc4s3)nc2c1. The highest BCUT2D eigenvalue weighted by Crippen LogP contribution is 2.35. The normalized spacial score (nSPS) is 14.6. The molecule has 0 bridgehead atoms. The fourth-order valence-electron chi connectivity index (χ4n) is 4.42. The van der Waals surface area contributed by atoms with Crippen LogP contribution in [-0.2, 0) is 4.74 Å². The first-order valence-corrected chi connectivity index (χ1v) is 13.2. The van der Waals surface area contributed by atoms with E-state index in [-0.39, 0.29) is 11.6 Å². The van der Waals surface area contributed by atoms with E-state index in [0.29, 0.717) is 21.9 Å². The number of aromatic nitrogens is 1. The minimum absolute atomic E-state index is 0.0219. The number of amides is 1. The summed E-state index contributed by atoms with van der Waals surface area (Å²) in [6.07, 6.45) is 0.816. The lowest BCUT2D eigenvalue weighted by atomic mass is 10.1. The van der Waals surface area contributed by atoms with E-state index in [2.05, 4.69) is 24.0 Å². The fourth-order valence-corrected chi connectivity index (χ4v) is 6.46. The highest BCUT2D eigenvalue weighted by molar-refractivity contribution is 7.23. The Bertz CT molecular complexity index is 1410. The van der Waals surface area contributed by atoms with E-state index in [1.54, 1.807) is 17.0 Å². The van der Waals surface area contributed by atoms with Crippen LogP contribution in [0.2, 0.25) is 0 Å². The van der Waals surface area contributed by atoms with Crippen molar-refractivity contribution in [2.45, 2.75) is 20.3 Å². The van der Waals surface area contributed by atoms with Crippen molar-refractivity contribution < 1.29 is 14.5 Å². The highest BCUT2D eigenvalue weighted by Gasteiger charge is 2.24. The minimum atomic E-state index is -0.415. The first-order chi connectivity index (χ1) is 16.9. The summed E-state index contributed by atoms with van der Waals surface area (Å²) in [7, 11) is 0. The Morgan fingerprint density at radius 2 is 1.97 bits per heavy atom. The fraction of sp³-hybridized carbons (Fsp3) is 0.360. The quantitative estimate of drug-likeness (QED) is 0.244. The number of benzene rings is 2. The van der Waals surface area contributed by atoms with Crippen LogP contribution in [0.3, 0.4) is 0 Å². The number of hydrogen-bond donors (Lipinski definition) is 0. The number of aryl methyl sites for hydroxylation is 2. The molecule has 0 aliphatic carbocycles. The van der Waals surface area contributed by atoms with Gasteiger partial charge >= 0.3 is 0 Å². The summed E-state index contributed by atoms with van der Waals surface area (Å²) < 4.78 is 7.38. The molecular formula is C25H26N4O4S2. The number of ether oxygens (including phenoxy) is 1. The summed E-state index contributed by atoms with van der Waals surface area (Å²) in [4.78, 5) is 34.1. The van der Waals surface area contributed by atoms with Crippen LogP contribution in [0, 0.1) is 24.0 Å². The van der Waals surface area contributed by atoms with Gasteiger partial charge in [0.2, 0.25) is 0 Å². The summed E-state index contributed by atoms with van der Waals surface area (Å²) in [5.74, 6) is -0.121. The molecular weight excluding hydrogens is 484 g/mol. The van der Waals surface area contributed by atoms with Crippen molar-refractivity contribution >= 4 is 59.7 Å². The van der Waals surface area contributed by atoms with Crippen molar-refractivity contribution in [3.63, 3.8) is 0 Å². The van der Waals surface area contributed by atoms with Gasteiger partial charge in [-0.15, -0.1) is 11.3 Å². The van der Waals surface area contributed by atoms with E-state index in [4.69, 9.17) is 9.72 Å². The molecule has 0 saturated carbocycles. The molecule has 0 unspecified atom stereocenters. The van der Waals surface area contributed by atoms with E-state index >= 15 is 0 Å². The number of thiazole rings is 1. The standard InChI is InChI=1S/C25H26N4O4S2/c1-16-12-17(2)23-20(13-16)26-25(35-23)28(7-3-6-27-8-10-33-11-9-27)24(30)22-15-18-14-19(29(31)32)4-5-21(18)34-22/h4-5,12-15H,3,6-11H2,1-2H3. The van der Waals surface area contributed by atoms with Crippen molar-refractivity contribution in [2.75, 3.05) is 44.3 Å². The Labute approximate surface area is 210 Å². The first-order valence-electron chi connectivity index (χ1n) is 11.6. The second-order valence-corrected chi connectivity index (χ2v) is 10.8. The molecule has 1 amide bonds. The average molecular weight is 511 g/mol. The molecule has 0 N–H and O–H groups in total. The number of nitrogens with zero attached hydrogens (tertiary/aromatic N) is 4. The molecule has 1 saturated heterocycles. The molecule has 5 rings (SSSR count). The van der Waals surface area contributed by atoms with Crippen molar-refractivity contribution in [3.05, 3.63) is 62.5 Å². The van der Waals surface area contributed by atoms with Crippen molar-refractivity contribution in [3.8, 4) is 0 Å². The summed E-state index contributed by atoms with van der Waals surface area (Å²) in [6, 6.07) is 10.7. The molecule has 10 heteroatoms. The maximum Gasteiger partial charge on any atom is 0.270 e. The molecule has 1 aliphatic rings. The van der Waals surface area contributed by atoms with Crippen LogP contribution in [0.5, 0.6) is 0 Å². The third-order valence-electron chi connectivity index (χ3n) is 6.17. The van der Waals surface area contributed by atoms with E-state index in [9.17, 15) is 14.9 Å². The van der Waals surface area contributed by atoms with Gasteiger partial charge in [0.15, 0.2) is 5.13 Å². The van der Waals surface area contributed by atoms with Gasteiger partial charge in [0.05, 0.1) is 33.2 Å². The highest BCUT2D eigenvalue weighted by atomic mass is 32.1. The predicted molar refractivity (Wildman–Crippen MR) is 141 cm³/mol. The topological polar surface area (TPSA) is 88.8 Å². The lowest BCUT2D eigenvalue weighted by molar-refractivity contribution is -0.384. The number of non-ortho nitro benzene ring substituents is 1. The van der Waals surface area contributed by atoms with Gasteiger partial charge in [0, 0.05) is 48.4 Å². The zero-order valence-corrected chi connectivity index (χ0v) is 21.3. The molecule has 0 atom stereocenters. The zero-order valence-electron chi connectivity index (χ0n) is 19.7. The monoisotopic (exact) mass is 510 g/mol. The molecule has 35 heavy (non-hydrogen) atoms. The van der Waals surface area contributed by atoms with Gasteiger partial charge in [0.1, 0.15) is 0 Å².